The van der Waals surface area contributed by atoms with Gasteiger partial charge in [0.15, 0.2) is 0 Å². The maximum absolute atomic E-state index is 5.02. The average Bonchev–Trinajstić information content (AvgIpc) is 3.28. The van der Waals surface area contributed by atoms with Gasteiger partial charge in [0.05, 0.1) is 11.2 Å². The van der Waals surface area contributed by atoms with Crippen molar-refractivity contribution in [2.75, 3.05) is 0 Å². The van der Waals surface area contributed by atoms with E-state index in [4.69, 9.17) is 4.98 Å². The lowest BCUT2D eigenvalue weighted by atomic mass is 9.84. The monoisotopic (exact) mass is 424 g/mol. The number of aromatic amines is 1. The summed E-state index contributed by atoms with van der Waals surface area (Å²) in [4.78, 5) is 8.75. The lowest BCUT2D eigenvalue weighted by Gasteiger charge is -2.20. The Morgan fingerprint density at radius 3 is 2.18 bits per heavy atom. The van der Waals surface area contributed by atoms with Crippen molar-refractivity contribution in [2.24, 2.45) is 0 Å². The van der Waals surface area contributed by atoms with Crippen LogP contribution in [0.15, 0.2) is 121 Å². The van der Waals surface area contributed by atoms with Crippen LogP contribution in [0, 0.1) is 0 Å². The zero-order valence-electron chi connectivity index (χ0n) is 18.3. The van der Waals surface area contributed by atoms with E-state index in [1.165, 1.54) is 38.7 Å². The summed E-state index contributed by atoms with van der Waals surface area (Å²) < 4.78 is 0. The third kappa shape index (κ3) is 3.70. The highest BCUT2D eigenvalue weighted by atomic mass is 14.7. The van der Waals surface area contributed by atoms with Gasteiger partial charge in [0.25, 0.3) is 0 Å². The second kappa shape index (κ2) is 8.40. The van der Waals surface area contributed by atoms with Crippen LogP contribution in [-0.2, 0) is 6.42 Å². The van der Waals surface area contributed by atoms with Crippen molar-refractivity contribution < 1.29 is 0 Å². The number of aromatic nitrogens is 2. The first kappa shape index (κ1) is 19.5. The number of hydrogen-bond acceptors (Lipinski definition) is 1. The molecule has 158 valence electrons. The van der Waals surface area contributed by atoms with Gasteiger partial charge in [0.2, 0.25) is 0 Å². The number of fused-ring (bicyclic) bond motifs is 2. The molecule has 0 spiro atoms. The quantitative estimate of drug-likeness (QED) is 0.301. The van der Waals surface area contributed by atoms with E-state index in [9.17, 15) is 0 Å². The largest absolute Gasteiger partial charge is 0.354 e. The number of nitrogens with zero attached hydrogens (tertiary/aromatic N) is 1. The molecule has 0 saturated carbocycles. The Hall–Kier alpha value is -4.17. The minimum atomic E-state index is 0.172. The molecule has 2 heterocycles. The predicted molar refractivity (Wildman–Crippen MR) is 137 cm³/mol. The highest BCUT2D eigenvalue weighted by Gasteiger charge is 2.24. The minimum Gasteiger partial charge on any atom is -0.354 e. The normalized spacial score (nSPS) is 12.2. The summed E-state index contributed by atoms with van der Waals surface area (Å²) in [5.41, 5.74) is 8.34. The summed E-state index contributed by atoms with van der Waals surface area (Å²) >= 11 is 0. The summed E-state index contributed by atoms with van der Waals surface area (Å²) in [6.07, 6.45) is 0.830. The number of nitrogens with one attached hydrogen (secondary N) is 1. The van der Waals surface area contributed by atoms with Crippen LogP contribution in [0.2, 0.25) is 0 Å². The second-order valence-corrected chi connectivity index (χ2v) is 8.49. The first-order valence-corrected chi connectivity index (χ1v) is 11.4. The fourth-order valence-electron chi connectivity index (χ4n) is 4.86. The first-order valence-electron chi connectivity index (χ1n) is 11.4. The molecule has 0 fully saturated rings. The third-order valence-corrected chi connectivity index (χ3v) is 6.43. The Balaban J connectivity index is 1.56. The van der Waals surface area contributed by atoms with E-state index in [0.29, 0.717) is 0 Å². The Kier molecular flexibility index (Phi) is 4.97. The van der Waals surface area contributed by atoms with Gasteiger partial charge in [-0.2, -0.15) is 0 Å². The van der Waals surface area contributed by atoms with Gasteiger partial charge in [0, 0.05) is 34.3 Å². The highest BCUT2D eigenvalue weighted by Crippen LogP contribution is 2.40. The van der Waals surface area contributed by atoms with Crippen molar-refractivity contribution in [1.29, 1.82) is 0 Å². The second-order valence-electron chi connectivity index (χ2n) is 8.49. The molecule has 0 saturated heterocycles. The SMILES string of the molecule is c1ccc(-c2[nH]c3ccccc3c2C(Cc2ccc3ccccc3n2)c2ccccc2)cc1. The molecule has 0 radical (unpaired) electrons. The molecule has 6 aromatic rings. The first-order chi connectivity index (χ1) is 16.4. The van der Waals surface area contributed by atoms with Gasteiger partial charge < -0.3 is 4.98 Å². The predicted octanol–water partition coefficient (Wildman–Crippen LogP) is 7.76. The molecular formula is C31H24N2. The number of benzene rings is 4. The third-order valence-electron chi connectivity index (χ3n) is 6.43. The number of rotatable bonds is 5. The molecule has 0 aliphatic rings. The molecule has 2 aromatic heterocycles. The van der Waals surface area contributed by atoms with E-state index in [1.807, 2.05) is 0 Å². The van der Waals surface area contributed by atoms with E-state index < -0.39 is 0 Å². The molecule has 2 nitrogen and oxygen atoms in total. The molecule has 6 rings (SSSR count). The van der Waals surface area contributed by atoms with E-state index in [0.717, 1.165) is 17.6 Å². The number of para-hydroxylation sites is 2. The summed E-state index contributed by atoms with van der Waals surface area (Å²) in [6.45, 7) is 0. The molecule has 33 heavy (non-hydrogen) atoms. The van der Waals surface area contributed by atoms with Gasteiger partial charge in [-0.25, -0.2) is 0 Å². The van der Waals surface area contributed by atoms with Gasteiger partial charge in [-0.1, -0.05) is 103 Å². The summed E-state index contributed by atoms with van der Waals surface area (Å²) in [6, 6.07) is 42.8. The zero-order valence-corrected chi connectivity index (χ0v) is 18.3. The minimum absolute atomic E-state index is 0.172. The van der Waals surface area contributed by atoms with Crippen molar-refractivity contribution in [3.63, 3.8) is 0 Å². The molecule has 0 amide bonds. The van der Waals surface area contributed by atoms with Crippen molar-refractivity contribution in [3.8, 4) is 11.3 Å². The lowest BCUT2D eigenvalue weighted by Crippen LogP contribution is -2.07. The maximum Gasteiger partial charge on any atom is 0.0705 e. The van der Waals surface area contributed by atoms with E-state index >= 15 is 0 Å². The molecule has 0 aliphatic heterocycles. The van der Waals surface area contributed by atoms with Crippen LogP contribution in [0.5, 0.6) is 0 Å². The topological polar surface area (TPSA) is 28.7 Å². The molecule has 4 aromatic carbocycles. The molecule has 1 N–H and O–H groups in total. The van der Waals surface area contributed by atoms with Crippen LogP contribution in [0.25, 0.3) is 33.1 Å². The molecule has 1 atom stereocenters. The van der Waals surface area contributed by atoms with E-state index in [1.54, 1.807) is 0 Å². The molecule has 0 bridgehead atoms. The molecule has 1 unspecified atom stereocenters. The maximum atomic E-state index is 5.02. The number of pyridine rings is 1. The van der Waals surface area contributed by atoms with Gasteiger partial charge >= 0.3 is 0 Å². The average molecular weight is 425 g/mol. The van der Waals surface area contributed by atoms with Crippen LogP contribution in [-0.4, -0.2) is 9.97 Å². The van der Waals surface area contributed by atoms with Crippen LogP contribution in [0.1, 0.15) is 22.7 Å². The van der Waals surface area contributed by atoms with Gasteiger partial charge in [-0.15, -0.1) is 0 Å². The van der Waals surface area contributed by atoms with E-state index in [-0.39, 0.29) is 5.92 Å². The fourth-order valence-corrected chi connectivity index (χ4v) is 4.86. The Bertz CT molecular complexity index is 1530. The van der Waals surface area contributed by atoms with Gasteiger partial charge in [-0.3, -0.25) is 4.98 Å². The smallest absolute Gasteiger partial charge is 0.0705 e. The standard InChI is InChI=1S/C31H24N2/c1-3-11-22(12-4-1)27(21-25-20-19-23-13-7-9-17-28(23)32-25)30-26-16-8-10-18-29(26)33-31(30)24-14-5-2-6-15-24/h1-20,27,33H,21H2. The highest BCUT2D eigenvalue weighted by molar-refractivity contribution is 5.92. The summed E-state index contributed by atoms with van der Waals surface area (Å²) in [5.74, 6) is 0.172. The van der Waals surface area contributed by atoms with Gasteiger partial charge in [0.1, 0.15) is 0 Å². The van der Waals surface area contributed by atoms with Crippen LogP contribution >= 0.6 is 0 Å². The van der Waals surface area contributed by atoms with Crippen molar-refractivity contribution in [2.45, 2.75) is 12.3 Å². The van der Waals surface area contributed by atoms with Crippen molar-refractivity contribution >= 4 is 21.8 Å². The summed E-state index contributed by atoms with van der Waals surface area (Å²) in [5, 5.41) is 2.44. The lowest BCUT2D eigenvalue weighted by molar-refractivity contribution is 0.794. The fraction of sp³-hybridized carbons (Fsp3) is 0.0645. The van der Waals surface area contributed by atoms with Crippen LogP contribution in [0.4, 0.5) is 0 Å². The zero-order chi connectivity index (χ0) is 22.0. The molecular weight excluding hydrogens is 400 g/mol. The van der Waals surface area contributed by atoms with Crippen molar-refractivity contribution in [1.82, 2.24) is 9.97 Å². The molecule has 0 aliphatic carbocycles. The number of H-pyrrole nitrogens is 1. The summed E-state index contributed by atoms with van der Waals surface area (Å²) in [7, 11) is 0. The Labute approximate surface area is 193 Å². The Morgan fingerprint density at radius 1 is 0.636 bits per heavy atom. The van der Waals surface area contributed by atoms with Crippen LogP contribution in [0.3, 0.4) is 0 Å². The molecule has 2 heteroatoms. The van der Waals surface area contributed by atoms with E-state index in [2.05, 4.69) is 126 Å². The Morgan fingerprint density at radius 2 is 1.33 bits per heavy atom. The van der Waals surface area contributed by atoms with Crippen molar-refractivity contribution in [3.05, 3.63) is 138 Å². The van der Waals surface area contributed by atoms with Gasteiger partial charge in [-0.05, 0) is 34.9 Å². The van der Waals surface area contributed by atoms with Crippen LogP contribution < -0.4 is 0 Å². The number of hydrogen-bond donors (Lipinski definition) is 1.